The SMILES string of the molecule is C[C@@H]1CC2=CC(=O)CC[C@@H]2[C@H]2CC[C@@]3(C)[C@@H](CC[C@]3(C)O)[C@@H]21.C[C@@H]1CC2=CC(=O)C[C@@H]2[C@H]2CC[C@@]3(C)[C@@H](CC[C@@]3(O)C#N)[C@@H]21.C[C@]1(O)CC[C@H]2[C@@H]3CCC4=CC(=O)CC[C@@H]4[C@H]3CC[C@@]21C.C[C@]12CC[C@H]3[C@@H](CCC4=CC(=O)C[C@@H]43)[C@@H]1CC[C@@]2(O)C#N. The van der Waals surface area contributed by atoms with Crippen LogP contribution >= 0.6 is 0 Å². The molecule has 16 aliphatic carbocycles. The van der Waals surface area contributed by atoms with E-state index in [-0.39, 0.29) is 21.7 Å². The van der Waals surface area contributed by atoms with E-state index in [9.17, 15) is 50.1 Å². The number of ketones is 4. The van der Waals surface area contributed by atoms with Crippen LogP contribution in [0.4, 0.5) is 0 Å². The minimum atomic E-state index is -1.15. The molecule has 0 saturated heterocycles. The maximum absolute atomic E-state index is 11.9. The summed E-state index contributed by atoms with van der Waals surface area (Å²) in [5, 5.41) is 62.3. The van der Waals surface area contributed by atoms with E-state index in [0.717, 1.165) is 139 Å². The Balaban J connectivity index is 0.000000106. The van der Waals surface area contributed by atoms with Crippen LogP contribution in [0.2, 0.25) is 0 Å². The van der Waals surface area contributed by atoms with Crippen molar-refractivity contribution < 1.29 is 39.6 Å². The second-order valence-corrected chi connectivity index (χ2v) is 34.1. The maximum atomic E-state index is 11.9. The van der Waals surface area contributed by atoms with Crippen LogP contribution in [0.15, 0.2) is 46.6 Å². The molecule has 10 nitrogen and oxygen atoms in total. The first-order valence-electron chi connectivity index (χ1n) is 35.3. The number of allylic oxidation sites excluding steroid dienone is 6. The molecular weight excluding hydrogens is 1070 g/mol. The highest BCUT2D eigenvalue weighted by atomic mass is 16.3. The van der Waals surface area contributed by atoms with Crippen LogP contribution in [-0.4, -0.2) is 66.0 Å². The molecule has 26 atom stereocenters. The van der Waals surface area contributed by atoms with Gasteiger partial charge in [-0.15, -0.1) is 0 Å². The number of nitriles is 2. The molecule has 12 fully saturated rings. The molecule has 4 N–H and O–H groups in total. The Bertz CT molecular complexity index is 3010. The third-order valence-electron chi connectivity index (χ3n) is 31.1. The second-order valence-electron chi connectivity index (χ2n) is 34.1. The lowest BCUT2D eigenvalue weighted by Crippen LogP contribution is -2.53. The number of carbonyl (C=O) groups is 4. The number of fused-ring (bicyclic) bond motifs is 20. The molecule has 0 unspecified atom stereocenters. The summed E-state index contributed by atoms with van der Waals surface area (Å²) in [5.41, 5.74) is 2.17. The van der Waals surface area contributed by atoms with Gasteiger partial charge in [-0.05, 0) is 310 Å². The minimum Gasteiger partial charge on any atom is -0.390 e. The molecule has 10 heteroatoms. The quantitative estimate of drug-likeness (QED) is 0.169. The monoisotopic (exact) mass is 1170 g/mol. The summed E-state index contributed by atoms with van der Waals surface area (Å²) < 4.78 is 0. The molecule has 0 spiro atoms. The van der Waals surface area contributed by atoms with Crippen molar-refractivity contribution in [2.75, 3.05) is 0 Å². The van der Waals surface area contributed by atoms with Crippen molar-refractivity contribution in [1.29, 1.82) is 10.5 Å². The van der Waals surface area contributed by atoms with Gasteiger partial charge in [0.1, 0.15) is 0 Å². The predicted molar refractivity (Wildman–Crippen MR) is 331 cm³/mol. The number of rotatable bonds is 0. The third-order valence-corrected chi connectivity index (χ3v) is 31.1. The van der Waals surface area contributed by atoms with Crippen molar-refractivity contribution in [2.45, 2.75) is 258 Å². The molecule has 0 bridgehead atoms. The van der Waals surface area contributed by atoms with Crippen LogP contribution in [-0.2, 0) is 19.2 Å². The first-order valence-corrected chi connectivity index (χ1v) is 35.3. The zero-order chi connectivity index (χ0) is 61.1. The fourth-order valence-electron chi connectivity index (χ4n) is 26.0. The molecule has 16 rings (SSSR count). The number of hydrogen-bond donors (Lipinski definition) is 4. The van der Waals surface area contributed by atoms with E-state index in [1.54, 1.807) is 0 Å². The Morgan fingerprint density at radius 1 is 0.360 bits per heavy atom. The molecule has 468 valence electrons. The minimum absolute atomic E-state index is 0.105. The van der Waals surface area contributed by atoms with Crippen LogP contribution in [0, 0.1) is 151 Å². The lowest BCUT2D eigenvalue weighted by Gasteiger charge is -2.57. The van der Waals surface area contributed by atoms with Gasteiger partial charge >= 0.3 is 0 Å². The summed E-state index contributed by atoms with van der Waals surface area (Å²) in [5.74, 6) is 12.5. The largest absolute Gasteiger partial charge is 0.390 e. The highest BCUT2D eigenvalue weighted by Crippen LogP contribution is 2.70. The fourth-order valence-corrected chi connectivity index (χ4v) is 26.0. The van der Waals surface area contributed by atoms with Crippen LogP contribution in [0.25, 0.3) is 0 Å². The van der Waals surface area contributed by atoms with Gasteiger partial charge < -0.3 is 20.4 Å². The summed E-state index contributed by atoms with van der Waals surface area (Å²) >= 11 is 0. The Hall–Kier alpha value is -3.54. The number of carbonyl (C=O) groups excluding carboxylic acids is 4. The lowest BCUT2D eigenvalue weighted by atomic mass is 9.48. The zero-order valence-electron chi connectivity index (χ0n) is 53.8. The zero-order valence-corrected chi connectivity index (χ0v) is 53.8. The van der Waals surface area contributed by atoms with Gasteiger partial charge in [-0.3, -0.25) is 19.2 Å². The topological polar surface area (TPSA) is 197 Å². The molecule has 0 aromatic carbocycles. The van der Waals surface area contributed by atoms with Gasteiger partial charge in [-0.25, -0.2) is 0 Å². The van der Waals surface area contributed by atoms with Gasteiger partial charge in [0, 0.05) is 36.5 Å². The van der Waals surface area contributed by atoms with Crippen molar-refractivity contribution >= 4 is 23.1 Å². The van der Waals surface area contributed by atoms with Crippen molar-refractivity contribution in [3.05, 3.63) is 46.6 Å². The van der Waals surface area contributed by atoms with Gasteiger partial charge in [0.2, 0.25) is 0 Å². The Kier molecular flexibility index (Phi) is 15.4. The molecule has 16 aliphatic rings. The first kappa shape index (κ1) is 61.3. The molecule has 0 aliphatic heterocycles. The van der Waals surface area contributed by atoms with E-state index in [1.165, 1.54) is 60.8 Å². The van der Waals surface area contributed by atoms with Gasteiger partial charge in [0.05, 0.1) is 23.3 Å². The van der Waals surface area contributed by atoms with E-state index in [1.807, 2.05) is 24.3 Å². The fraction of sp³-hybridized carbons (Fsp3) is 0.816. The van der Waals surface area contributed by atoms with Crippen molar-refractivity contribution in [3.8, 4) is 12.1 Å². The molecule has 86 heavy (non-hydrogen) atoms. The maximum Gasteiger partial charge on any atom is 0.156 e. The Morgan fingerprint density at radius 3 is 1.26 bits per heavy atom. The summed E-state index contributed by atoms with van der Waals surface area (Å²) in [7, 11) is 0. The highest BCUT2D eigenvalue weighted by Gasteiger charge is 2.67. The smallest absolute Gasteiger partial charge is 0.156 e. The Labute approximate surface area is 515 Å². The van der Waals surface area contributed by atoms with Gasteiger partial charge in [-0.2, -0.15) is 10.5 Å². The molecule has 12 saturated carbocycles. The number of aliphatic hydroxyl groups is 4. The van der Waals surface area contributed by atoms with Crippen LogP contribution in [0.5, 0.6) is 0 Å². The van der Waals surface area contributed by atoms with Crippen LogP contribution in [0.3, 0.4) is 0 Å². The lowest BCUT2D eigenvalue weighted by molar-refractivity contribution is -0.122. The standard InChI is InChI=1S/C20H30O2.C19H25NO2.C19H28O2.C18H23NO2/c1-12-10-13-11-14(21)4-5-15(13)16-6-8-19(2)17(18(12)16)7-9-20(19,3)22;1-11-7-12-8-13(21)9-15(12)14-3-5-18(2)16(17(11)14)4-6-19(18,22)10-20;1-18-9-7-15-14-6-4-13(20)11-12(14)3-5-16(15)17(18)8-10-19(18,2)21;1-17-6-4-13-14(16(17)5-7-18(17,21)10-19)3-2-11-8-12(20)9-15(11)13/h11-12,15-18,22H,4-10H2,1-3H3;8,11,14-17,22H,3-7,9H2,1-2H3;11,14-17,21H,3-10H2,1-2H3;8,13-16,21H,2-7,9H2,1H3/t12-,15+,16-,17+,18-,19+,20+;11-,14-,15+,16+,17-,18+,19-;14-,15+,16+,17-,18-,19-;13-,14+,15-,16-,17-,18+/m1100/s1. The normalized spacial score (nSPS) is 53.0. The molecular formula is C76H106N2O8. The van der Waals surface area contributed by atoms with Crippen molar-refractivity contribution in [1.82, 2.24) is 0 Å². The summed E-state index contributed by atoms with van der Waals surface area (Å²) in [6.07, 6.45) is 35.9. The van der Waals surface area contributed by atoms with Gasteiger partial charge in [0.25, 0.3) is 0 Å². The Morgan fingerprint density at radius 2 is 0.709 bits per heavy atom. The number of hydrogen-bond acceptors (Lipinski definition) is 10. The first-order chi connectivity index (χ1) is 40.6. The average Bonchev–Trinajstić information content (AvgIpc) is 1.54. The second kappa shape index (κ2) is 21.5. The van der Waals surface area contributed by atoms with Gasteiger partial charge in [0.15, 0.2) is 34.3 Å². The van der Waals surface area contributed by atoms with E-state index in [0.29, 0.717) is 132 Å². The van der Waals surface area contributed by atoms with Crippen molar-refractivity contribution in [3.63, 3.8) is 0 Å². The van der Waals surface area contributed by atoms with E-state index >= 15 is 0 Å². The molecule has 0 amide bonds. The summed E-state index contributed by atoms with van der Waals surface area (Å²) in [6.45, 7) is 17.8. The molecule has 0 heterocycles. The average molecular weight is 1180 g/mol. The number of nitrogens with zero attached hydrogens (tertiary/aromatic N) is 2. The highest BCUT2D eigenvalue weighted by molar-refractivity contribution is 5.94. The van der Waals surface area contributed by atoms with E-state index < -0.39 is 22.4 Å². The summed E-state index contributed by atoms with van der Waals surface area (Å²) in [6, 6.07) is 4.45. The predicted octanol–water partition coefficient (Wildman–Crippen LogP) is 14.2. The van der Waals surface area contributed by atoms with Crippen molar-refractivity contribution in [2.24, 2.45) is 128 Å². The molecule has 0 aromatic heterocycles. The van der Waals surface area contributed by atoms with E-state index in [4.69, 9.17) is 0 Å². The van der Waals surface area contributed by atoms with E-state index in [2.05, 4.69) is 67.5 Å². The molecule has 0 radical (unpaired) electrons. The van der Waals surface area contributed by atoms with Crippen LogP contribution < -0.4 is 0 Å². The molecule has 0 aromatic rings. The summed E-state index contributed by atoms with van der Waals surface area (Å²) in [4.78, 5) is 47.1. The third kappa shape index (κ3) is 9.24. The van der Waals surface area contributed by atoms with Crippen LogP contribution in [0.1, 0.15) is 235 Å². The van der Waals surface area contributed by atoms with Gasteiger partial charge in [-0.1, -0.05) is 63.8 Å².